The standard InChI is InChI=1S/C36H42N2O3S/c1-29(2)25-38(42(39)34-20-21-35-36(24-34)41-28-40-35)22-12-19-33(23-30-13-6-3-7-14-30)37(26-31-15-8-4-9-16-31)27-32-17-10-5-11-18-32/h3-11,13-18,20-21,24,29,33H,12,19,22-23,25-28H2,1-2H3. The van der Waals surface area contributed by atoms with E-state index in [0.29, 0.717) is 23.5 Å². The number of hydrogen-bond donors (Lipinski definition) is 0. The third-order valence-corrected chi connectivity index (χ3v) is 9.04. The van der Waals surface area contributed by atoms with Crippen LogP contribution in [0.25, 0.3) is 0 Å². The molecule has 2 atom stereocenters. The minimum absolute atomic E-state index is 0.215. The molecule has 5 nitrogen and oxygen atoms in total. The summed E-state index contributed by atoms with van der Waals surface area (Å²) in [5.74, 6) is 1.79. The monoisotopic (exact) mass is 582 g/mol. The molecule has 1 aliphatic rings. The number of nitrogens with zero attached hydrogens (tertiary/aromatic N) is 2. The Balaban J connectivity index is 1.34. The van der Waals surface area contributed by atoms with E-state index in [2.05, 4.69) is 114 Å². The number of rotatable bonds is 15. The second kappa shape index (κ2) is 15.1. The van der Waals surface area contributed by atoms with Crippen molar-refractivity contribution in [1.82, 2.24) is 9.21 Å². The van der Waals surface area contributed by atoms with Gasteiger partial charge in [-0.25, -0.2) is 8.51 Å². The van der Waals surface area contributed by atoms with Crippen LogP contribution >= 0.6 is 0 Å². The van der Waals surface area contributed by atoms with Crippen molar-refractivity contribution in [3.63, 3.8) is 0 Å². The van der Waals surface area contributed by atoms with Crippen molar-refractivity contribution in [2.24, 2.45) is 5.92 Å². The summed E-state index contributed by atoms with van der Waals surface area (Å²) in [6, 6.07) is 38.3. The fourth-order valence-corrected chi connectivity index (χ4v) is 6.96. The Hall–Kier alpha value is -3.45. The summed E-state index contributed by atoms with van der Waals surface area (Å²) in [5, 5.41) is 0. The van der Waals surface area contributed by atoms with Crippen LogP contribution in [-0.4, -0.2) is 39.3 Å². The van der Waals surface area contributed by atoms with Crippen LogP contribution in [0.3, 0.4) is 0 Å². The number of ether oxygens (including phenoxy) is 2. The molecule has 0 fully saturated rings. The summed E-state index contributed by atoms with van der Waals surface area (Å²) in [5.41, 5.74) is 3.98. The fourth-order valence-electron chi connectivity index (χ4n) is 5.54. The normalized spacial score (nSPS) is 14.0. The fraction of sp³-hybridized carbons (Fsp3) is 0.333. The number of hydrogen-bond acceptors (Lipinski definition) is 4. The maximum absolute atomic E-state index is 13.8. The zero-order valence-electron chi connectivity index (χ0n) is 24.7. The van der Waals surface area contributed by atoms with Crippen molar-refractivity contribution < 1.29 is 13.7 Å². The average Bonchev–Trinajstić information content (AvgIpc) is 3.49. The van der Waals surface area contributed by atoms with Gasteiger partial charge in [0.25, 0.3) is 0 Å². The summed E-state index contributed by atoms with van der Waals surface area (Å²) in [6.07, 6.45) is 2.91. The van der Waals surface area contributed by atoms with Gasteiger partial charge in [0.05, 0.1) is 4.90 Å². The molecule has 2 unspecified atom stereocenters. The van der Waals surface area contributed by atoms with E-state index >= 15 is 0 Å². The third-order valence-electron chi connectivity index (χ3n) is 7.58. The van der Waals surface area contributed by atoms with Gasteiger partial charge in [0, 0.05) is 38.3 Å². The molecule has 6 heteroatoms. The van der Waals surface area contributed by atoms with E-state index in [0.717, 1.165) is 50.3 Å². The molecule has 0 amide bonds. The molecule has 0 spiro atoms. The van der Waals surface area contributed by atoms with E-state index in [-0.39, 0.29) is 6.79 Å². The van der Waals surface area contributed by atoms with Crippen LogP contribution in [0.5, 0.6) is 11.5 Å². The van der Waals surface area contributed by atoms with Crippen molar-refractivity contribution in [3.05, 3.63) is 126 Å². The number of benzene rings is 4. The first-order chi connectivity index (χ1) is 20.5. The maximum Gasteiger partial charge on any atom is 0.231 e. The minimum Gasteiger partial charge on any atom is -0.454 e. The summed E-state index contributed by atoms with van der Waals surface area (Å²) in [6.45, 7) is 7.87. The van der Waals surface area contributed by atoms with Crippen molar-refractivity contribution in [2.45, 2.75) is 57.1 Å². The van der Waals surface area contributed by atoms with Gasteiger partial charge in [-0.2, -0.15) is 0 Å². The van der Waals surface area contributed by atoms with Crippen LogP contribution in [0.1, 0.15) is 43.4 Å². The topological polar surface area (TPSA) is 42.0 Å². The minimum atomic E-state index is -1.28. The lowest BCUT2D eigenvalue weighted by Gasteiger charge is -2.33. The van der Waals surface area contributed by atoms with Gasteiger partial charge in [0.15, 0.2) is 11.5 Å². The average molecular weight is 583 g/mol. The zero-order chi connectivity index (χ0) is 29.1. The van der Waals surface area contributed by atoms with Crippen molar-refractivity contribution in [2.75, 3.05) is 19.9 Å². The van der Waals surface area contributed by atoms with Gasteiger partial charge in [-0.05, 0) is 54.0 Å². The number of fused-ring (bicyclic) bond motifs is 1. The highest BCUT2D eigenvalue weighted by molar-refractivity contribution is 7.82. The van der Waals surface area contributed by atoms with Gasteiger partial charge >= 0.3 is 0 Å². The molecule has 0 radical (unpaired) electrons. The van der Waals surface area contributed by atoms with Crippen LogP contribution in [0.2, 0.25) is 0 Å². The van der Waals surface area contributed by atoms with Gasteiger partial charge in [0.2, 0.25) is 6.79 Å². The Morgan fingerprint density at radius 2 is 1.31 bits per heavy atom. The molecular formula is C36H42N2O3S. The largest absolute Gasteiger partial charge is 0.454 e. The lowest BCUT2D eigenvalue weighted by molar-refractivity contribution is 0.162. The molecular weight excluding hydrogens is 540 g/mol. The van der Waals surface area contributed by atoms with Gasteiger partial charge < -0.3 is 9.47 Å². The molecule has 4 aromatic carbocycles. The molecule has 5 rings (SSSR count). The Bertz CT molecular complexity index is 1360. The van der Waals surface area contributed by atoms with Crippen LogP contribution < -0.4 is 9.47 Å². The van der Waals surface area contributed by atoms with E-state index in [1.807, 2.05) is 18.2 Å². The molecule has 0 aliphatic carbocycles. The first kappa shape index (κ1) is 30.0. The van der Waals surface area contributed by atoms with Gasteiger partial charge in [-0.1, -0.05) is 105 Å². The Labute approximate surface area is 253 Å². The summed E-state index contributed by atoms with van der Waals surface area (Å²) < 4.78 is 26.9. The van der Waals surface area contributed by atoms with Crippen molar-refractivity contribution in [1.29, 1.82) is 0 Å². The highest BCUT2D eigenvalue weighted by atomic mass is 32.2. The van der Waals surface area contributed by atoms with E-state index in [1.54, 1.807) is 0 Å². The smallest absolute Gasteiger partial charge is 0.231 e. The van der Waals surface area contributed by atoms with Gasteiger partial charge in [-0.3, -0.25) is 4.90 Å². The third kappa shape index (κ3) is 8.54. The van der Waals surface area contributed by atoms with Crippen molar-refractivity contribution >= 4 is 11.0 Å². The first-order valence-electron chi connectivity index (χ1n) is 15.0. The van der Waals surface area contributed by atoms with E-state index < -0.39 is 11.0 Å². The van der Waals surface area contributed by atoms with E-state index in [4.69, 9.17) is 9.47 Å². The second-order valence-corrected chi connectivity index (χ2v) is 12.9. The molecule has 42 heavy (non-hydrogen) atoms. The molecule has 220 valence electrons. The quantitative estimate of drug-likeness (QED) is 0.146. The highest BCUT2D eigenvalue weighted by Gasteiger charge is 2.23. The zero-order valence-corrected chi connectivity index (χ0v) is 25.5. The lowest BCUT2D eigenvalue weighted by Crippen LogP contribution is -2.37. The molecule has 1 heterocycles. The molecule has 0 N–H and O–H groups in total. The van der Waals surface area contributed by atoms with Crippen LogP contribution in [0.4, 0.5) is 0 Å². The highest BCUT2D eigenvalue weighted by Crippen LogP contribution is 2.34. The molecule has 0 bridgehead atoms. The van der Waals surface area contributed by atoms with Gasteiger partial charge in [0.1, 0.15) is 11.0 Å². The molecule has 1 aliphatic heterocycles. The van der Waals surface area contributed by atoms with Crippen molar-refractivity contribution in [3.8, 4) is 11.5 Å². The summed E-state index contributed by atoms with van der Waals surface area (Å²) >= 11 is 0. The van der Waals surface area contributed by atoms with E-state index in [1.165, 1.54) is 16.7 Å². The SMILES string of the molecule is CC(C)CN(CCCC(Cc1ccccc1)N(Cc1ccccc1)Cc1ccccc1)S(=O)c1ccc2c(c1)OCO2. The van der Waals surface area contributed by atoms with E-state index in [9.17, 15) is 4.21 Å². The lowest BCUT2D eigenvalue weighted by atomic mass is 9.98. The van der Waals surface area contributed by atoms with Gasteiger partial charge in [-0.15, -0.1) is 0 Å². The molecule has 0 aromatic heterocycles. The molecule has 0 saturated heterocycles. The van der Waals surface area contributed by atoms with Crippen LogP contribution in [0.15, 0.2) is 114 Å². The maximum atomic E-state index is 13.8. The molecule has 4 aromatic rings. The summed E-state index contributed by atoms with van der Waals surface area (Å²) in [4.78, 5) is 3.38. The predicted molar refractivity (Wildman–Crippen MR) is 171 cm³/mol. The second-order valence-electron chi connectivity index (χ2n) is 11.4. The molecule has 0 saturated carbocycles. The summed E-state index contributed by atoms with van der Waals surface area (Å²) in [7, 11) is -1.28. The predicted octanol–water partition coefficient (Wildman–Crippen LogP) is 7.49. The Kier molecular flexibility index (Phi) is 10.8. The van der Waals surface area contributed by atoms with Crippen LogP contribution in [0, 0.1) is 5.92 Å². The Morgan fingerprint density at radius 3 is 1.90 bits per heavy atom. The Morgan fingerprint density at radius 1 is 0.738 bits per heavy atom. The van der Waals surface area contributed by atoms with Crippen LogP contribution in [-0.2, 0) is 30.5 Å². The first-order valence-corrected chi connectivity index (χ1v) is 16.1.